The van der Waals surface area contributed by atoms with Crippen LogP contribution in [0.25, 0.3) is 0 Å². The third-order valence-corrected chi connectivity index (χ3v) is 2.86. The van der Waals surface area contributed by atoms with Gasteiger partial charge in [-0.15, -0.1) is 0 Å². The Morgan fingerprint density at radius 2 is 2.11 bits per heavy atom. The first-order valence-electron chi connectivity index (χ1n) is 5.66. The Kier molecular flexibility index (Phi) is 3.20. The summed E-state index contributed by atoms with van der Waals surface area (Å²) in [7, 11) is 0. The minimum atomic E-state index is -1.28. The Bertz CT molecular complexity index is 630. The number of rotatable bonds is 3. The van der Waals surface area contributed by atoms with E-state index in [9.17, 15) is 19.2 Å². The zero-order valence-electron chi connectivity index (χ0n) is 10.1. The van der Waals surface area contributed by atoms with Crippen molar-refractivity contribution in [2.75, 3.05) is 6.54 Å². The summed E-state index contributed by atoms with van der Waals surface area (Å²) in [6, 6.07) is 1.19. The number of amides is 2. The van der Waals surface area contributed by atoms with Crippen LogP contribution in [0.3, 0.4) is 0 Å². The molecule has 0 unspecified atom stereocenters. The number of fused-ring (bicyclic) bond motifs is 1. The van der Waals surface area contributed by atoms with Crippen LogP contribution in [0.15, 0.2) is 15.3 Å². The molecule has 2 rings (SSSR count). The van der Waals surface area contributed by atoms with E-state index < -0.39 is 30.0 Å². The molecule has 1 aliphatic heterocycles. The number of aliphatic carboxylic acids is 1. The van der Waals surface area contributed by atoms with Crippen molar-refractivity contribution in [1.29, 1.82) is 0 Å². The predicted molar refractivity (Wildman–Crippen MR) is 61.7 cm³/mol. The highest BCUT2D eigenvalue weighted by Crippen LogP contribution is 2.22. The second-order valence-electron chi connectivity index (χ2n) is 4.10. The molecular weight excluding hydrogens is 254 g/mol. The summed E-state index contributed by atoms with van der Waals surface area (Å²) in [5.74, 6) is -2.67. The van der Waals surface area contributed by atoms with Crippen LogP contribution in [0.2, 0.25) is 0 Å². The molecule has 100 valence electrons. The summed E-state index contributed by atoms with van der Waals surface area (Å²) < 4.78 is 4.87. The number of imide groups is 1. The number of carboxylic acid groups (broad SMARTS) is 1. The summed E-state index contributed by atoms with van der Waals surface area (Å²) in [5, 5.41) is 8.70. The summed E-state index contributed by atoms with van der Waals surface area (Å²) in [6.45, 7) is 1.06. The van der Waals surface area contributed by atoms with Gasteiger partial charge in [0.2, 0.25) is 5.91 Å². The summed E-state index contributed by atoms with van der Waals surface area (Å²) in [5.41, 5.74) is -0.0371. The van der Waals surface area contributed by atoms with E-state index in [0.717, 1.165) is 0 Å². The normalized spacial score (nSPS) is 14.5. The molecule has 2 amide bonds. The van der Waals surface area contributed by atoms with Gasteiger partial charge in [0.05, 0.1) is 12.0 Å². The second kappa shape index (κ2) is 4.68. The molecule has 2 heterocycles. The average Bonchev–Trinajstić information content (AvgIpc) is 2.32. The van der Waals surface area contributed by atoms with E-state index in [2.05, 4.69) is 0 Å². The fourth-order valence-electron chi connectivity index (χ4n) is 2.03. The first kappa shape index (κ1) is 13.0. The molecule has 1 aromatic heterocycles. The molecule has 0 saturated heterocycles. The van der Waals surface area contributed by atoms with E-state index in [1.165, 1.54) is 6.07 Å². The van der Waals surface area contributed by atoms with Crippen LogP contribution in [0, 0.1) is 0 Å². The quantitative estimate of drug-likeness (QED) is 0.759. The highest BCUT2D eigenvalue weighted by molar-refractivity contribution is 6.11. The van der Waals surface area contributed by atoms with Gasteiger partial charge in [-0.3, -0.25) is 19.3 Å². The molecule has 0 bridgehead atoms. The molecule has 1 aromatic rings. The summed E-state index contributed by atoms with van der Waals surface area (Å²) in [4.78, 5) is 46.4. The lowest BCUT2D eigenvalue weighted by Gasteiger charge is -2.25. The lowest BCUT2D eigenvalue weighted by atomic mass is 9.98. The van der Waals surface area contributed by atoms with Gasteiger partial charge >= 0.3 is 11.6 Å². The average molecular weight is 265 g/mol. The highest BCUT2D eigenvalue weighted by atomic mass is 16.4. The lowest BCUT2D eigenvalue weighted by Crippen LogP contribution is -2.45. The van der Waals surface area contributed by atoms with E-state index >= 15 is 0 Å². The van der Waals surface area contributed by atoms with E-state index in [1.807, 2.05) is 0 Å². The third kappa shape index (κ3) is 2.26. The molecule has 7 nitrogen and oxygen atoms in total. The Morgan fingerprint density at radius 3 is 2.68 bits per heavy atom. The van der Waals surface area contributed by atoms with Gasteiger partial charge in [0.25, 0.3) is 5.91 Å². The maximum Gasteiger partial charge on any atom is 0.336 e. The molecule has 19 heavy (non-hydrogen) atoms. The molecule has 0 aromatic carbocycles. The molecule has 0 radical (unpaired) electrons. The molecule has 1 aliphatic rings. The van der Waals surface area contributed by atoms with Gasteiger partial charge in [-0.1, -0.05) is 6.92 Å². The van der Waals surface area contributed by atoms with Crippen molar-refractivity contribution < 1.29 is 23.9 Å². The lowest BCUT2D eigenvalue weighted by molar-refractivity contribution is -0.142. The van der Waals surface area contributed by atoms with Crippen LogP contribution in [0.1, 0.15) is 28.6 Å². The fourth-order valence-corrected chi connectivity index (χ4v) is 2.03. The maximum atomic E-state index is 12.1. The van der Waals surface area contributed by atoms with Crippen LogP contribution < -0.4 is 5.63 Å². The minimum Gasteiger partial charge on any atom is -0.480 e. The van der Waals surface area contributed by atoms with Crippen LogP contribution in [-0.4, -0.2) is 34.3 Å². The van der Waals surface area contributed by atoms with Gasteiger partial charge in [0.1, 0.15) is 12.3 Å². The molecule has 0 atom stereocenters. The summed E-state index contributed by atoms with van der Waals surface area (Å²) >= 11 is 0. The Labute approximate surface area is 107 Å². The zero-order chi connectivity index (χ0) is 14.2. The predicted octanol–water partition coefficient (Wildman–Crippen LogP) is -0.188. The van der Waals surface area contributed by atoms with Gasteiger partial charge in [0.15, 0.2) is 0 Å². The number of carbonyl (C=O) groups is 3. The molecular formula is C12H11NO6. The van der Waals surface area contributed by atoms with Crippen molar-refractivity contribution >= 4 is 17.8 Å². The topological polar surface area (TPSA) is 105 Å². The Balaban J connectivity index is 2.55. The molecule has 0 spiro atoms. The van der Waals surface area contributed by atoms with Crippen LogP contribution in [0.4, 0.5) is 0 Å². The van der Waals surface area contributed by atoms with Gasteiger partial charge in [-0.25, -0.2) is 4.79 Å². The second-order valence-corrected chi connectivity index (χ2v) is 4.10. The minimum absolute atomic E-state index is 0.0148. The number of carboxylic acids is 1. The van der Waals surface area contributed by atoms with E-state index in [1.54, 1.807) is 6.92 Å². The highest BCUT2D eigenvalue weighted by Gasteiger charge is 2.35. The van der Waals surface area contributed by atoms with Gasteiger partial charge < -0.3 is 9.52 Å². The van der Waals surface area contributed by atoms with Gasteiger partial charge in [0, 0.05) is 6.07 Å². The number of nitrogens with zero attached hydrogens (tertiary/aromatic N) is 1. The monoisotopic (exact) mass is 265 g/mol. The van der Waals surface area contributed by atoms with Crippen LogP contribution in [0.5, 0.6) is 0 Å². The Morgan fingerprint density at radius 1 is 1.42 bits per heavy atom. The zero-order valence-corrected chi connectivity index (χ0v) is 10.1. The van der Waals surface area contributed by atoms with Crippen LogP contribution >= 0.6 is 0 Å². The van der Waals surface area contributed by atoms with Crippen molar-refractivity contribution in [3.8, 4) is 0 Å². The van der Waals surface area contributed by atoms with Gasteiger partial charge in [-0.05, 0) is 12.0 Å². The van der Waals surface area contributed by atoms with E-state index in [4.69, 9.17) is 9.52 Å². The standard InChI is InChI=1S/C12H11NO6/c1-2-6-3-10(17)19-7-4-8(14)13(5-9(15)16)12(18)11(6)7/h3H,2,4-5H2,1H3,(H,15,16). The first-order chi connectivity index (χ1) is 8.93. The number of hydrogen-bond acceptors (Lipinski definition) is 5. The number of aryl methyl sites for hydroxylation is 1. The molecule has 0 saturated carbocycles. The van der Waals surface area contributed by atoms with Crippen LogP contribution in [-0.2, 0) is 22.4 Å². The summed E-state index contributed by atoms with van der Waals surface area (Å²) in [6.07, 6.45) is 0.131. The third-order valence-electron chi connectivity index (χ3n) is 2.86. The molecule has 1 N–H and O–H groups in total. The van der Waals surface area contributed by atoms with Crippen molar-refractivity contribution in [1.82, 2.24) is 4.90 Å². The number of carbonyl (C=O) groups excluding carboxylic acids is 2. The van der Waals surface area contributed by atoms with E-state index in [0.29, 0.717) is 16.9 Å². The first-order valence-corrected chi connectivity index (χ1v) is 5.66. The SMILES string of the molecule is CCc1cc(=O)oc2c1C(=O)N(CC(=O)O)C(=O)C2. The van der Waals surface area contributed by atoms with Crippen molar-refractivity contribution in [2.45, 2.75) is 19.8 Å². The van der Waals surface area contributed by atoms with Gasteiger partial charge in [-0.2, -0.15) is 0 Å². The number of hydrogen-bond donors (Lipinski definition) is 1. The molecule has 7 heteroatoms. The fraction of sp³-hybridized carbons (Fsp3) is 0.333. The van der Waals surface area contributed by atoms with Crippen molar-refractivity contribution in [3.63, 3.8) is 0 Å². The molecule has 0 aliphatic carbocycles. The largest absolute Gasteiger partial charge is 0.480 e. The van der Waals surface area contributed by atoms with Crippen molar-refractivity contribution in [3.05, 3.63) is 33.4 Å². The molecule has 0 fully saturated rings. The maximum absolute atomic E-state index is 12.1. The van der Waals surface area contributed by atoms with E-state index in [-0.39, 0.29) is 17.7 Å². The van der Waals surface area contributed by atoms with Crippen molar-refractivity contribution in [2.24, 2.45) is 0 Å². The Hall–Kier alpha value is -2.44. The smallest absolute Gasteiger partial charge is 0.336 e.